The van der Waals surface area contributed by atoms with Gasteiger partial charge in [-0.05, 0) is 49.5 Å². The Morgan fingerprint density at radius 1 is 1.33 bits per heavy atom. The summed E-state index contributed by atoms with van der Waals surface area (Å²) in [6, 6.07) is 6.41. The van der Waals surface area contributed by atoms with Crippen molar-refractivity contribution >= 4 is 10.0 Å². The summed E-state index contributed by atoms with van der Waals surface area (Å²) in [6.07, 6.45) is 2.48. The van der Waals surface area contributed by atoms with Crippen LogP contribution in [0.15, 0.2) is 29.2 Å². The van der Waals surface area contributed by atoms with Crippen LogP contribution < -0.4 is 4.72 Å². The predicted molar refractivity (Wildman–Crippen MR) is 82.4 cm³/mol. The Morgan fingerprint density at radius 3 is 2.71 bits per heavy atom. The minimum atomic E-state index is -3.50. The van der Waals surface area contributed by atoms with Crippen LogP contribution in [0.3, 0.4) is 0 Å². The van der Waals surface area contributed by atoms with Gasteiger partial charge in [0.1, 0.15) is 0 Å². The Bertz CT molecular complexity index is 554. The Hall–Kier alpha value is -0.950. The van der Waals surface area contributed by atoms with Gasteiger partial charge in [-0.15, -0.1) is 0 Å². The van der Waals surface area contributed by atoms with Crippen molar-refractivity contribution in [2.24, 2.45) is 5.92 Å². The van der Waals surface area contributed by atoms with Gasteiger partial charge in [-0.1, -0.05) is 19.1 Å². The number of nitrogens with one attached hydrogen (secondary N) is 1. The van der Waals surface area contributed by atoms with Crippen LogP contribution in [0.2, 0.25) is 0 Å². The molecule has 0 radical (unpaired) electrons. The van der Waals surface area contributed by atoms with Crippen LogP contribution in [-0.4, -0.2) is 44.6 Å². The SMILES string of the molecule is CC(CNS(=O)(=O)c1cccc(CO)c1)CN1CCCC1. The van der Waals surface area contributed by atoms with Crippen molar-refractivity contribution in [3.63, 3.8) is 0 Å². The molecule has 0 aliphatic carbocycles. The van der Waals surface area contributed by atoms with Crippen LogP contribution in [0.5, 0.6) is 0 Å². The highest BCUT2D eigenvalue weighted by atomic mass is 32.2. The van der Waals surface area contributed by atoms with Crippen molar-refractivity contribution in [2.45, 2.75) is 31.3 Å². The molecule has 6 heteroatoms. The summed E-state index contributed by atoms with van der Waals surface area (Å²) in [7, 11) is -3.50. The fraction of sp³-hybridized carbons (Fsp3) is 0.600. The number of aliphatic hydroxyl groups is 1. The average molecular weight is 312 g/mol. The van der Waals surface area contributed by atoms with Crippen LogP contribution in [0.25, 0.3) is 0 Å². The molecular formula is C15H24N2O3S. The summed E-state index contributed by atoms with van der Waals surface area (Å²) in [5, 5.41) is 9.08. The van der Waals surface area contributed by atoms with Gasteiger partial charge in [-0.3, -0.25) is 0 Å². The van der Waals surface area contributed by atoms with Crippen molar-refractivity contribution in [3.8, 4) is 0 Å². The molecule has 1 heterocycles. The molecular weight excluding hydrogens is 288 g/mol. The molecule has 2 rings (SSSR count). The molecule has 0 spiro atoms. The van der Waals surface area contributed by atoms with E-state index in [0.29, 0.717) is 12.1 Å². The molecule has 1 unspecified atom stereocenters. The summed E-state index contributed by atoms with van der Waals surface area (Å²) >= 11 is 0. The molecule has 1 aliphatic heterocycles. The second kappa shape index (κ2) is 7.35. The van der Waals surface area contributed by atoms with Gasteiger partial charge in [0.2, 0.25) is 10.0 Å². The maximum atomic E-state index is 12.2. The zero-order valence-corrected chi connectivity index (χ0v) is 13.3. The quantitative estimate of drug-likeness (QED) is 0.793. The third-order valence-corrected chi connectivity index (χ3v) is 5.20. The zero-order chi connectivity index (χ0) is 15.3. The highest BCUT2D eigenvalue weighted by Crippen LogP contribution is 2.13. The summed E-state index contributed by atoms with van der Waals surface area (Å²) in [5.41, 5.74) is 0.600. The van der Waals surface area contributed by atoms with Gasteiger partial charge >= 0.3 is 0 Å². The minimum absolute atomic E-state index is 0.158. The molecule has 5 nitrogen and oxygen atoms in total. The topological polar surface area (TPSA) is 69.6 Å². The van der Waals surface area contributed by atoms with E-state index in [1.165, 1.54) is 18.9 Å². The van der Waals surface area contributed by atoms with E-state index in [1.54, 1.807) is 18.2 Å². The molecule has 1 atom stereocenters. The van der Waals surface area contributed by atoms with Crippen LogP contribution in [0.4, 0.5) is 0 Å². The molecule has 0 saturated carbocycles. The molecule has 1 aromatic carbocycles. The smallest absolute Gasteiger partial charge is 0.240 e. The predicted octanol–water partition coefficient (Wildman–Crippen LogP) is 1.19. The highest BCUT2D eigenvalue weighted by molar-refractivity contribution is 7.89. The van der Waals surface area contributed by atoms with Gasteiger partial charge in [0.15, 0.2) is 0 Å². The van der Waals surface area contributed by atoms with Gasteiger partial charge < -0.3 is 10.0 Å². The number of hydrogen-bond acceptors (Lipinski definition) is 4. The maximum Gasteiger partial charge on any atom is 0.240 e. The molecule has 2 N–H and O–H groups in total. The van der Waals surface area contributed by atoms with E-state index >= 15 is 0 Å². The molecule has 1 fully saturated rings. The first-order chi connectivity index (χ1) is 10.0. The fourth-order valence-electron chi connectivity index (χ4n) is 2.62. The van der Waals surface area contributed by atoms with Crippen LogP contribution in [-0.2, 0) is 16.6 Å². The zero-order valence-electron chi connectivity index (χ0n) is 12.5. The monoisotopic (exact) mass is 312 g/mol. The van der Waals surface area contributed by atoms with Crippen LogP contribution >= 0.6 is 0 Å². The van der Waals surface area contributed by atoms with E-state index in [4.69, 9.17) is 5.11 Å². The number of nitrogens with zero attached hydrogens (tertiary/aromatic N) is 1. The number of sulfonamides is 1. The van der Waals surface area contributed by atoms with Gasteiger partial charge in [-0.25, -0.2) is 13.1 Å². The number of hydrogen-bond donors (Lipinski definition) is 2. The molecule has 1 aromatic rings. The first-order valence-corrected chi connectivity index (χ1v) is 8.91. The Kier molecular flexibility index (Phi) is 5.75. The number of rotatable bonds is 7. The van der Waals surface area contributed by atoms with Crippen molar-refractivity contribution in [3.05, 3.63) is 29.8 Å². The van der Waals surface area contributed by atoms with E-state index in [1.807, 2.05) is 0 Å². The van der Waals surface area contributed by atoms with Crippen LogP contribution in [0, 0.1) is 5.92 Å². The Morgan fingerprint density at radius 2 is 2.05 bits per heavy atom. The van der Waals surface area contributed by atoms with Gasteiger partial charge in [0.25, 0.3) is 0 Å². The standard InChI is InChI=1S/C15H24N2O3S/c1-13(11-17-7-2-3-8-17)10-16-21(19,20)15-6-4-5-14(9-15)12-18/h4-6,9,13,16,18H,2-3,7-8,10-12H2,1H3. The highest BCUT2D eigenvalue weighted by Gasteiger charge is 2.18. The summed E-state index contributed by atoms with van der Waals surface area (Å²) in [6.45, 7) is 5.51. The minimum Gasteiger partial charge on any atom is -0.392 e. The second-order valence-electron chi connectivity index (χ2n) is 5.77. The van der Waals surface area contributed by atoms with Crippen molar-refractivity contribution in [2.75, 3.05) is 26.2 Å². The first-order valence-electron chi connectivity index (χ1n) is 7.43. The van der Waals surface area contributed by atoms with Gasteiger partial charge in [0.05, 0.1) is 11.5 Å². The average Bonchev–Trinajstić information content (AvgIpc) is 2.98. The van der Waals surface area contributed by atoms with Crippen molar-refractivity contribution in [1.29, 1.82) is 0 Å². The third kappa shape index (κ3) is 4.78. The van der Waals surface area contributed by atoms with E-state index in [2.05, 4.69) is 16.5 Å². The van der Waals surface area contributed by atoms with Crippen molar-refractivity contribution < 1.29 is 13.5 Å². The lowest BCUT2D eigenvalue weighted by molar-refractivity contribution is 0.281. The molecule has 1 aliphatic rings. The first kappa shape index (κ1) is 16.4. The number of benzene rings is 1. The lowest BCUT2D eigenvalue weighted by Crippen LogP contribution is -2.34. The molecule has 118 valence electrons. The molecule has 21 heavy (non-hydrogen) atoms. The molecule has 0 amide bonds. The van der Waals surface area contributed by atoms with Gasteiger partial charge in [-0.2, -0.15) is 0 Å². The lowest BCUT2D eigenvalue weighted by atomic mass is 10.2. The van der Waals surface area contributed by atoms with E-state index in [-0.39, 0.29) is 17.4 Å². The van der Waals surface area contributed by atoms with E-state index in [0.717, 1.165) is 19.6 Å². The summed E-state index contributed by atoms with van der Waals surface area (Å²) in [4.78, 5) is 2.59. The maximum absolute atomic E-state index is 12.2. The molecule has 0 bridgehead atoms. The Balaban J connectivity index is 1.90. The van der Waals surface area contributed by atoms with E-state index in [9.17, 15) is 8.42 Å². The lowest BCUT2D eigenvalue weighted by Gasteiger charge is -2.20. The second-order valence-corrected chi connectivity index (χ2v) is 7.54. The molecule has 0 aromatic heterocycles. The van der Waals surface area contributed by atoms with Gasteiger partial charge in [0, 0.05) is 13.1 Å². The summed E-state index contributed by atoms with van der Waals surface area (Å²) < 4.78 is 27.1. The molecule has 1 saturated heterocycles. The van der Waals surface area contributed by atoms with E-state index < -0.39 is 10.0 Å². The number of likely N-dealkylation sites (tertiary alicyclic amines) is 1. The normalized spacial score (nSPS) is 18.0. The fourth-order valence-corrected chi connectivity index (χ4v) is 3.85. The Labute approximate surface area is 127 Å². The third-order valence-electron chi connectivity index (χ3n) is 3.78. The van der Waals surface area contributed by atoms with Crippen molar-refractivity contribution in [1.82, 2.24) is 9.62 Å². The summed E-state index contributed by atoms with van der Waals surface area (Å²) in [5.74, 6) is 0.277. The number of aliphatic hydroxyl groups excluding tert-OH is 1. The van der Waals surface area contributed by atoms with Crippen LogP contribution in [0.1, 0.15) is 25.3 Å². The largest absolute Gasteiger partial charge is 0.392 e.